The monoisotopic (exact) mass is 257 g/mol. The fraction of sp³-hybridized carbons (Fsp3) is 0.273. The summed E-state index contributed by atoms with van der Waals surface area (Å²) in [6.07, 6.45) is -0.553. The summed E-state index contributed by atoms with van der Waals surface area (Å²) < 4.78 is 8.95. The molecule has 92 valence electrons. The average molecular weight is 258 g/mol. The number of nitrogens with zero attached hydrogens (tertiary/aromatic N) is 1. The fourth-order valence-corrected chi connectivity index (χ4v) is 1.38. The van der Waals surface area contributed by atoms with Crippen LogP contribution in [-0.2, 0) is 9.03 Å². The summed E-state index contributed by atoms with van der Waals surface area (Å²) in [5, 5.41) is 0. The van der Waals surface area contributed by atoms with Gasteiger partial charge in [-0.3, -0.25) is 4.90 Å². The maximum atomic E-state index is 11.5. The summed E-state index contributed by atoms with van der Waals surface area (Å²) in [4.78, 5) is 24.1. The molecule has 0 saturated carbocycles. The number of hydrogen-bond donors (Lipinski definition) is 0. The Morgan fingerprint density at radius 3 is 2.59 bits per heavy atom. The SMILES string of the molecule is CCOC(=O)N(C)c1ccccc1C(=O)OCl. The highest BCUT2D eigenvalue weighted by molar-refractivity contribution is 6.17. The van der Waals surface area contributed by atoms with Crippen molar-refractivity contribution in [3.8, 4) is 0 Å². The number of rotatable bonds is 3. The van der Waals surface area contributed by atoms with Gasteiger partial charge in [-0.1, -0.05) is 12.1 Å². The lowest BCUT2D eigenvalue weighted by Crippen LogP contribution is -2.28. The Kier molecular flexibility index (Phi) is 4.78. The van der Waals surface area contributed by atoms with Crippen molar-refractivity contribution in [1.82, 2.24) is 0 Å². The average Bonchev–Trinajstić information content (AvgIpc) is 2.37. The molecule has 0 saturated heterocycles. The van der Waals surface area contributed by atoms with E-state index in [2.05, 4.69) is 4.29 Å². The summed E-state index contributed by atoms with van der Waals surface area (Å²) in [5.41, 5.74) is 0.564. The quantitative estimate of drug-likeness (QED) is 0.835. The number of ether oxygens (including phenoxy) is 1. The van der Waals surface area contributed by atoms with Gasteiger partial charge in [-0.15, -0.1) is 0 Å². The van der Waals surface area contributed by atoms with Gasteiger partial charge in [-0.2, -0.15) is 0 Å². The Balaban J connectivity index is 3.04. The fourth-order valence-electron chi connectivity index (χ4n) is 1.30. The molecule has 5 nitrogen and oxygen atoms in total. The Morgan fingerprint density at radius 1 is 1.35 bits per heavy atom. The van der Waals surface area contributed by atoms with Crippen molar-refractivity contribution in [2.45, 2.75) is 6.92 Å². The number of benzene rings is 1. The number of amides is 1. The van der Waals surface area contributed by atoms with Crippen LogP contribution in [0.4, 0.5) is 10.5 Å². The molecule has 0 radical (unpaired) electrons. The first-order chi connectivity index (χ1) is 8.11. The molecule has 0 heterocycles. The summed E-state index contributed by atoms with van der Waals surface area (Å²) in [6, 6.07) is 6.44. The van der Waals surface area contributed by atoms with Crippen LogP contribution in [0.2, 0.25) is 0 Å². The van der Waals surface area contributed by atoms with Gasteiger partial charge in [0.2, 0.25) is 0 Å². The van der Waals surface area contributed by atoms with Crippen LogP contribution >= 0.6 is 11.9 Å². The number of para-hydroxylation sites is 1. The molecular weight excluding hydrogens is 246 g/mol. The zero-order chi connectivity index (χ0) is 12.8. The van der Waals surface area contributed by atoms with Crippen molar-refractivity contribution >= 4 is 29.6 Å². The van der Waals surface area contributed by atoms with Gasteiger partial charge < -0.3 is 9.03 Å². The standard InChI is InChI=1S/C11H12ClNO4/c1-3-16-11(15)13(2)9-7-5-4-6-8(9)10(14)17-12/h4-7H,3H2,1-2H3. The van der Waals surface area contributed by atoms with Crippen LogP contribution in [0.3, 0.4) is 0 Å². The lowest BCUT2D eigenvalue weighted by atomic mass is 10.1. The number of hydrogen-bond acceptors (Lipinski definition) is 4. The van der Waals surface area contributed by atoms with Gasteiger partial charge >= 0.3 is 12.1 Å². The summed E-state index contributed by atoms with van der Waals surface area (Å²) in [6.45, 7) is 1.95. The highest BCUT2D eigenvalue weighted by Gasteiger charge is 2.19. The second kappa shape index (κ2) is 6.10. The van der Waals surface area contributed by atoms with E-state index in [0.717, 1.165) is 0 Å². The van der Waals surface area contributed by atoms with E-state index in [1.807, 2.05) is 0 Å². The molecule has 0 aliphatic carbocycles. The highest BCUT2D eigenvalue weighted by atomic mass is 35.5. The molecule has 0 spiro atoms. The van der Waals surface area contributed by atoms with E-state index in [1.54, 1.807) is 25.1 Å². The summed E-state index contributed by atoms with van der Waals surface area (Å²) in [7, 11) is 1.50. The van der Waals surface area contributed by atoms with Gasteiger partial charge in [-0.25, -0.2) is 9.59 Å². The lowest BCUT2D eigenvalue weighted by molar-refractivity contribution is 0.0752. The normalized spacial score (nSPS) is 9.59. The van der Waals surface area contributed by atoms with Crippen LogP contribution in [0.25, 0.3) is 0 Å². The number of halogens is 1. The molecule has 0 bridgehead atoms. The van der Waals surface area contributed by atoms with Crippen LogP contribution in [-0.4, -0.2) is 25.7 Å². The van der Waals surface area contributed by atoms with Gasteiger partial charge in [0.25, 0.3) is 0 Å². The molecular formula is C11H12ClNO4. The largest absolute Gasteiger partial charge is 0.449 e. The molecule has 1 aromatic rings. The smallest absolute Gasteiger partial charge is 0.414 e. The number of anilines is 1. The van der Waals surface area contributed by atoms with E-state index < -0.39 is 12.1 Å². The molecule has 0 unspecified atom stereocenters. The van der Waals surface area contributed by atoms with Crippen molar-refractivity contribution in [2.24, 2.45) is 0 Å². The summed E-state index contributed by atoms with van der Waals surface area (Å²) in [5.74, 6) is -0.724. The third-order valence-corrected chi connectivity index (χ3v) is 2.24. The minimum atomic E-state index is -0.724. The molecule has 17 heavy (non-hydrogen) atoms. The van der Waals surface area contributed by atoms with Crippen molar-refractivity contribution < 1.29 is 18.6 Å². The van der Waals surface area contributed by atoms with Crippen LogP contribution in [0.1, 0.15) is 17.3 Å². The molecule has 0 N–H and O–H groups in total. The number of carbonyl (C=O) groups is 2. The lowest BCUT2D eigenvalue weighted by Gasteiger charge is -2.18. The molecule has 0 aliphatic rings. The number of carbonyl (C=O) groups excluding carboxylic acids is 2. The van der Waals surface area contributed by atoms with Gasteiger partial charge in [0.15, 0.2) is 0 Å². The van der Waals surface area contributed by atoms with Crippen molar-refractivity contribution in [2.75, 3.05) is 18.6 Å². The minimum Gasteiger partial charge on any atom is -0.449 e. The van der Waals surface area contributed by atoms with Crippen molar-refractivity contribution in [1.29, 1.82) is 0 Å². The molecule has 0 aromatic heterocycles. The third-order valence-electron chi connectivity index (χ3n) is 2.10. The molecule has 1 aromatic carbocycles. The van der Waals surface area contributed by atoms with E-state index >= 15 is 0 Å². The Bertz CT molecular complexity index is 422. The first-order valence-corrected chi connectivity index (χ1v) is 5.25. The maximum Gasteiger partial charge on any atom is 0.414 e. The molecule has 1 amide bonds. The van der Waals surface area contributed by atoms with E-state index in [4.69, 9.17) is 16.6 Å². The second-order valence-electron chi connectivity index (χ2n) is 3.14. The minimum absolute atomic E-state index is 0.193. The third kappa shape index (κ3) is 3.10. The Labute approximate surface area is 104 Å². The molecule has 0 fully saturated rings. The molecule has 6 heteroatoms. The van der Waals surface area contributed by atoms with Gasteiger partial charge in [0.1, 0.15) is 11.9 Å². The van der Waals surface area contributed by atoms with Gasteiger partial charge in [0.05, 0.1) is 17.9 Å². The van der Waals surface area contributed by atoms with Crippen molar-refractivity contribution in [3.63, 3.8) is 0 Å². The zero-order valence-corrected chi connectivity index (χ0v) is 10.2. The van der Waals surface area contributed by atoms with Gasteiger partial charge in [-0.05, 0) is 19.1 Å². The van der Waals surface area contributed by atoms with Crippen LogP contribution in [0.15, 0.2) is 24.3 Å². The second-order valence-corrected chi connectivity index (χ2v) is 3.29. The first-order valence-electron chi connectivity index (χ1n) is 4.94. The predicted molar refractivity (Wildman–Crippen MR) is 63.1 cm³/mol. The maximum absolute atomic E-state index is 11.5. The first kappa shape index (κ1) is 13.3. The molecule has 0 aliphatic heterocycles. The molecule has 1 rings (SSSR count). The van der Waals surface area contributed by atoms with E-state index in [9.17, 15) is 9.59 Å². The molecule has 0 atom stereocenters. The topological polar surface area (TPSA) is 55.8 Å². The zero-order valence-electron chi connectivity index (χ0n) is 9.47. The van der Waals surface area contributed by atoms with E-state index in [0.29, 0.717) is 5.69 Å². The Morgan fingerprint density at radius 2 is 2.00 bits per heavy atom. The van der Waals surface area contributed by atoms with E-state index in [1.165, 1.54) is 18.0 Å². The van der Waals surface area contributed by atoms with Crippen LogP contribution in [0.5, 0.6) is 0 Å². The van der Waals surface area contributed by atoms with E-state index in [-0.39, 0.29) is 12.2 Å². The highest BCUT2D eigenvalue weighted by Crippen LogP contribution is 2.21. The van der Waals surface area contributed by atoms with Gasteiger partial charge in [0, 0.05) is 7.05 Å². The van der Waals surface area contributed by atoms with Crippen LogP contribution < -0.4 is 4.90 Å². The summed E-state index contributed by atoms with van der Waals surface area (Å²) >= 11 is 5.02. The Hall–Kier alpha value is -1.75. The predicted octanol–water partition coefficient (Wildman–Crippen LogP) is 2.59. The van der Waals surface area contributed by atoms with Crippen molar-refractivity contribution in [3.05, 3.63) is 29.8 Å². The van der Waals surface area contributed by atoms with Crippen LogP contribution in [0, 0.1) is 0 Å².